The SMILES string of the molecule is OB(O)c1cc(F)ccc1OCC1CCCCC1. The summed E-state index contributed by atoms with van der Waals surface area (Å²) < 4.78 is 18.6. The summed E-state index contributed by atoms with van der Waals surface area (Å²) in [6.07, 6.45) is 6.05. The lowest BCUT2D eigenvalue weighted by molar-refractivity contribution is 0.209. The van der Waals surface area contributed by atoms with Gasteiger partial charge in [-0.1, -0.05) is 19.3 Å². The summed E-state index contributed by atoms with van der Waals surface area (Å²) in [5.41, 5.74) is 0.0887. The van der Waals surface area contributed by atoms with Crippen LogP contribution < -0.4 is 10.2 Å². The monoisotopic (exact) mass is 252 g/mol. The third kappa shape index (κ3) is 3.46. The molecule has 0 aliphatic heterocycles. The van der Waals surface area contributed by atoms with Gasteiger partial charge in [0.1, 0.15) is 11.6 Å². The standard InChI is InChI=1S/C13H18BFO3/c15-11-6-7-13(12(8-11)14(16)17)18-9-10-4-2-1-3-5-10/h6-8,10,16-17H,1-5,9H2. The van der Waals surface area contributed by atoms with Crippen LogP contribution in [0.2, 0.25) is 0 Å². The fourth-order valence-corrected chi connectivity index (χ4v) is 2.41. The first-order chi connectivity index (χ1) is 8.66. The topological polar surface area (TPSA) is 49.7 Å². The van der Waals surface area contributed by atoms with Gasteiger partial charge in [0.2, 0.25) is 0 Å². The maximum absolute atomic E-state index is 13.0. The molecule has 1 saturated carbocycles. The van der Waals surface area contributed by atoms with Gasteiger partial charge < -0.3 is 14.8 Å². The predicted octanol–water partition coefficient (Wildman–Crippen LogP) is 1.46. The van der Waals surface area contributed by atoms with E-state index in [0.29, 0.717) is 18.3 Å². The third-order valence-electron chi connectivity index (χ3n) is 3.45. The van der Waals surface area contributed by atoms with Gasteiger partial charge in [-0.3, -0.25) is 0 Å². The fourth-order valence-electron chi connectivity index (χ4n) is 2.41. The van der Waals surface area contributed by atoms with Crippen molar-refractivity contribution in [1.82, 2.24) is 0 Å². The average molecular weight is 252 g/mol. The predicted molar refractivity (Wildman–Crippen MR) is 68.3 cm³/mol. The number of benzene rings is 1. The van der Waals surface area contributed by atoms with Crippen molar-refractivity contribution in [3.8, 4) is 5.75 Å². The molecule has 1 aliphatic rings. The second kappa shape index (κ2) is 6.20. The highest BCUT2D eigenvalue weighted by Gasteiger charge is 2.20. The maximum atomic E-state index is 13.0. The van der Waals surface area contributed by atoms with Gasteiger partial charge in [0.05, 0.1) is 6.61 Å². The summed E-state index contributed by atoms with van der Waals surface area (Å²) in [5, 5.41) is 18.3. The van der Waals surface area contributed by atoms with Crippen LogP contribution in [-0.2, 0) is 0 Å². The zero-order chi connectivity index (χ0) is 13.0. The van der Waals surface area contributed by atoms with E-state index in [1.165, 1.54) is 31.4 Å². The van der Waals surface area contributed by atoms with Gasteiger partial charge in [-0.2, -0.15) is 0 Å². The first kappa shape index (κ1) is 13.4. The summed E-state index contributed by atoms with van der Waals surface area (Å²) in [6, 6.07) is 3.82. The Labute approximate surface area is 107 Å². The number of hydrogen-bond acceptors (Lipinski definition) is 3. The van der Waals surface area contributed by atoms with Gasteiger partial charge in [0.25, 0.3) is 0 Å². The highest BCUT2D eigenvalue weighted by Crippen LogP contribution is 2.24. The second-order valence-electron chi connectivity index (χ2n) is 4.87. The molecule has 1 aromatic rings. The lowest BCUT2D eigenvalue weighted by Crippen LogP contribution is -2.32. The molecule has 3 nitrogen and oxygen atoms in total. The van der Waals surface area contributed by atoms with Crippen LogP contribution in [0.15, 0.2) is 18.2 Å². The van der Waals surface area contributed by atoms with Gasteiger partial charge in [0.15, 0.2) is 0 Å². The summed E-state index contributed by atoms with van der Waals surface area (Å²) >= 11 is 0. The molecule has 18 heavy (non-hydrogen) atoms. The molecule has 2 rings (SSSR count). The molecular weight excluding hydrogens is 234 g/mol. The third-order valence-corrected chi connectivity index (χ3v) is 3.45. The minimum absolute atomic E-state index is 0.0887. The van der Waals surface area contributed by atoms with Crippen molar-refractivity contribution < 1.29 is 19.2 Å². The molecule has 0 spiro atoms. The van der Waals surface area contributed by atoms with Crippen molar-refractivity contribution in [2.24, 2.45) is 5.92 Å². The van der Waals surface area contributed by atoms with Gasteiger partial charge in [0, 0.05) is 5.46 Å². The highest BCUT2D eigenvalue weighted by atomic mass is 19.1. The van der Waals surface area contributed by atoms with Crippen molar-refractivity contribution in [2.45, 2.75) is 32.1 Å². The van der Waals surface area contributed by atoms with E-state index >= 15 is 0 Å². The van der Waals surface area contributed by atoms with Crippen molar-refractivity contribution >= 4 is 12.6 Å². The zero-order valence-electron chi connectivity index (χ0n) is 10.3. The molecule has 2 N–H and O–H groups in total. The van der Waals surface area contributed by atoms with Crippen molar-refractivity contribution in [1.29, 1.82) is 0 Å². The number of hydrogen-bond donors (Lipinski definition) is 2. The smallest absolute Gasteiger partial charge is 0.492 e. The Morgan fingerprint density at radius 3 is 2.61 bits per heavy atom. The summed E-state index contributed by atoms with van der Waals surface area (Å²) in [5.74, 6) is 0.382. The molecule has 5 heteroatoms. The van der Waals surface area contributed by atoms with E-state index in [2.05, 4.69) is 0 Å². The minimum atomic E-state index is -1.71. The lowest BCUT2D eigenvalue weighted by Gasteiger charge is -2.22. The quantitative estimate of drug-likeness (QED) is 0.797. The van der Waals surface area contributed by atoms with Crippen molar-refractivity contribution in [3.05, 3.63) is 24.0 Å². The Kier molecular flexibility index (Phi) is 4.61. The molecular formula is C13H18BFO3. The summed E-state index contributed by atoms with van der Waals surface area (Å²) in [6.45, 7) is 0.561. The minimum Gasteiger partial charge on any atom is -0.494 e. The average Bonchev–Trinajstić information content (AvgIpc) is 2.38. The molecule has 0 aromatic heterocycles. The van der Waals surface area contributed by atoms with Crippen LogP contribution in [0, 0.1) is 11.7 Å². The van der Waals surface area contributed by atoms with Crippen LogP contribution in [0.25, 0.3) is 0 Å². The Hall–Kier alpha value is -1.07. The van der Waals surface area contributed by atoms with Crippen molar-refractivity contribution in [3.63, 3.8) is 0 Å². The molecule has 98 valence electrons. The summed E-state index contributed by atoms with van der Waals surface area (Å²) in [7, 11) is -1.71. The Morgan fingerprint density at radius 1 is 1.22 bits per heavy atom. The molecule has 0 unspecified atom stereocenters. The van der Waals surface area contributed by atoms with Gasteiger partial charge >= 0.3 is 7.12 Å². The molecule has 0 bridgehead atoms. The van der Waals surface area contributed by atoms with E-state index in [0.717, 1.165) is 18.9 Å². The molecule has 1 fully saturated rings. The molecule has 1 aliphatic carbocycles. The van der Waals surface area contributed by atoms with E-state index in [1.54, 1.807) is 0 Å². The van der Waals surface area contributed by atoms with Crippen molar-refractivity contribution in [2.75, 3.05) is 6.61 Å². The summed E-state index contributed by atoms with van der Waals surface area (Å²) in [4.78, 5) is 0. The van der Waals surface area contributed by atoms with Crippen LogP contribution >= 0.6 is 0 Å². The normalized spacial score (nSPS) is 16.6. The Balaban J connectivity index is 1.99. The maximum Gasteiger partial charge on any atom is 0.492 e. The van der Waals surface area contributed by atoms with Crippen LogP contribution in [0.3, 0.4) is 0 Å². The van der Waals surface area contributed by atoms with E-state index in [-0.39, 0.29) is 5.46 Å². The van der Waals surface area contributed by atoms with Crippen LogP contribution in [-0.4, -0.2) is 23.8 Å². The molecule has 0 radical (unpaired) electrons. The second-order valence-corrected chi connectivity index (χ2v) is 4.87. The molecule has 0 heterocycles. The van der Waals surface area contributed by atoms with Gasteiger partial charge in [-0.25, -0.2) is 4.39 Å². The Morgan fingerprint density at radius 2 is 1.94 bits per heavy atom. The molecule has 0 atom stereocenters. The van der Waals surface area contributed by atoms with Crippen LogP contribution in [0.5, 0.6) is 5.75 Å². The van der Waals surface area contributed by atoms with Gasteiger partial charge in [-0.15, -0.1) is 0 Å². The molecule has 1 aromatic carbocycles. The van der Waals surface area contributed by atoms with E-state index < -0.39 is 12.9 Å². The van der Waals surface area contributed by atoms with Crippen LogP contribution in [0.4, 0.5) is 4.39 Å². The molecule has 0 saturated heterocycles. The molecule has 0 amide bonds. The number of rotatable bonds is 4. The zero-order valence-corrected chi connectivity index (χ0v) is 10.3. The number of ether oxygens (including phenoxy) is 1. The lowest BCUT2D eigenvalue weighted by atomic mass is 9.79. The van der Waals surface area contributed by atoms with E-state index in [4.69, 9.17) is 4.74 Å². The first-order valence-corrected chi connectivity index (χ1v) is 6.45. The first-order valence-electron chi connectivity index (χ1n) is 6.45. The highest BCUT2D eigenvalue weighted by molar-refractivity contribution is 6.59. The number of halogens is 1. The van der Waals surface area contributed by atoms with Gasteiger partial charge in [-0.05, 0) is 37.0 Å². The largest absolute Gasteiger partial charge is 0.494 e. The van der Waals surface area contributed by atoms with E-state index in [9.17, 15) is 14.4 Å². The fraction of sp³-hybridized carbons (Fsp3) is 0.538. The van der Waals surface area contributed by atoms with E-state index in [1.807, 2.05) is 0 Å². The Bertz CT molecular complexity index is 392. The van der Waals surface area contributed by atoms with Crippen LogP contribution in [0.1, 0.15) is 32.1 Å².